The lowest BCUT2D eigenvalue weighted by molar-refractivity contribution is -0.296. The molecule has 336 valence electrons. The standard InChI is InChI=1S/C42H67FN2O13S/c1-12-32-42(8,52)37(50)25(4)34(47)23(2)21-41(7,55-10)38(26(5)35(48)27(6)39(51)57-32)58-40-36(49)31(19-24(3)56-40)45(9)18-17-33(46)44-29(22-43)20-28-13-15-30(16-14-28)59(11,53)54/h13-16,23-27,29,31-32,36-38,40,49-50,52H,12,17-22H2,1-11H3,(H,44,46)/t23-,24-,25+,26+,27-,29+,31+,32-,36-,37-,38-,40+,41?,42?/m1/s1. The number of hydrogen-bond acceptors (Lipinski definition) is 14. The van der Waals surface area contributed by atoms with Gasteiger partial charge in [0.2, 0.25) is 5.91 Å². The molecule has 0 spiro atoms. The Morgan fingerprint density at radius 3 is 2.20 bits per heavy atom. The topological polar surface area (TPSA) is 215 Å². The second kappa shape index (κ2) is 20.8. The number of carbonyl (C=O) groups is 4. The molecule has 0 bridgehead atoms. The third-order valence-corrected chi connectivity index (χ3v) is 13.4. The maximum atomic E-state index is 14.1. The highest BCUT2D eigenvalue weighted by Crippen LogP contribution is 2.38. The van der Waals surface area contributed by atoms with E-state index in [4.69, 9.17) is 18.9 Å². The van der Waals surface area contributed by atoms with Gasteiger partial charge in [0.05, 0.1) is 34.9 Å². The zero-order valence-corrected chi connectivity index (χ0v) is 37.2. The van der Waals surface area contributed by atoms with Crippen molar-refractivity contribution >= 4 is 33.3 Å². The third kappa shape index (κ3) is 12.4. The summed E-state index contributed by atoms with van der Waals surface area (Å²) in [6.45, 7) is 11.8. The lowest BCUT2D eigenvalue weighted by Gasteiger charge is -2.47. The van der Waals surface area contributed by atoms with Crippen LogP contribution in [-0.4, -0.2) is 146 Å². The second-order valence-corrected chi connectivity index (χ2v) is 19.2. The van der Waals surface area contributed by atoms with Gasteiger partial charge < -0.3 is 44.5 Å². The molecule has 0 aliphatic carbocycles. The van der Waals surface area contributed by atoms with E-state index in [0.717, 1.165) is 6.26 Å². The minimum atomic E-state index is -3.39. The molecule has 2 aliphatic heterocycles. The summed E-state index contributed by atoms with van der Waals surface area (Å²) < 4.78 is 61.9. The van der Waals surface area contributed by atoms with Gasteiger partial charge in [-0.2, -0.15) is 0 Å². The number of hydrogen-bond donors (Lipinski definition) is 4. The van der Waals surface area contributed by atoms with E-state index in [2.05, 4.69) is 5.32 Å². The largest absolute Gasteiger partial charge is 0.459 e. The van der Waals surface area contributed by atoms with E-state index >= 15 is 0 Å². The number of halogens is 1. The molecule has 1 amide bonds. The number of aliphatic hydroxyl groups is 3. The van der Waals surface area contributed by atoms with Gasteiger partial charge in [-0.15, -0.1) is 0 Å². The van der Waals surface area contributed by atoms with Crippen molar-refractivity contribution in [3.8, 4) is 0 Å². The Balaban J connectivity index is 1.83. The zero-order chi connectivity index (χ0) is 44.8. The predicted octanol–water partition coefficient (Wildman–Crippen LogP) is 2.58. The van der Waals surface area contributed by atoms with Crippen molar-refractivity contribution < 1.29 is 66.3 Å². The fraction of sp³-hybridized carbons (Fsp3) is 0.762. The highest BCUT2D eigenvalue weighted by molar-refractivity contribution is 7.90. The molecule has 1 aromatic rings. The number of nitrogens with zero attached hydrogens (tertiary/aromatic N) is 1. The molecule has 4 N–H and O–H groups in total. The number of cyclic esters (lactones) is 1. The molecule has 17 heteroatoms. The smallest absolute Gasteiger partial charge is 0.316 e. The Bertz CT molecular complexity index is 1710. The average Bonchev–Trinajstić information content (AvgIpc) is 3.19. The van der Waals surface area contributed by atoms with Gasteiger partial charge in [-0.1, -0.05) is 39.8 Å². The summed E-state index contributed by atoms with van der Waals surface area (Å²) in [5.41, 5.74) is -2.76. The van der Waals surface area contributed by atoms with E-state index in [1.807, 2.05) is 0 Å². The van der Waals surface area contributed by atoms with E-state index in [-0.39, 0.29) is 37.1 Å². The van der Waals surface area contributed by atoms with Crippen molar-refractivity contribution in [2.75, 3.05) is 33.6 Å². The molecule has 1 aromatic carbocycles. The lowest BCUT2D eigenvalue weighted by atomic mass is 9.74. The summed E-state index contributed by atoms with van der Waals surface area (Å²) in [7, 11) is -0.282. The first kappa shape index (κ1) is 50.5. The van der Waals surface area contributed by atoms with Crippen molar-refractivity contribution in [2.24, 2.45) is 23.7 Å². The van der Waals surface area contributed by atoms with Gasteiger partial charge in [0.25, 0.3) is 0 Å². The molecule has 2 heterocycles. The summed E-state index contributed by atoms with van der Waals surface area (Å²) >= 11 is 0. The van der Waals surface area contributed by atoms with Crippen LogP contribution in [0.5, 0.6) is 0 Å². The molecule has 0 radical (unpaired) electrons. The van der Waals surface area contributed by atoms with Crippen LogP contribution in [-0.2, 0) is 54.4 Å². The molecule has 2 unspecified atom stereocenters. The number of ketones is 2. The molecule has 2 fully saturated rings. The maximum Gasteiger partial charge on any atom is 0.316 e. The number of aliphatic hydroxyl groups excluding tert-OH is 2. The summed E-state index contributed by atoms with van der Waals surface area (Å²) in [6.07, 6.45) is -5.53. The molecule has 2 saturated heterocycles. The van der Waals surface area contributed by atoms with Crippen molar-refractivity contribution in [3.63, 3.8) is 0 Å². The van der Waals surface area contributed by atoms with Crippen molar-refractivity contribution in [2.45, 2.75) is 152 Å². The molecule has 59 heavy (non-hydrogen) atoms. The van der Waals surface area contributed by atoms with Crippen LogP contribution >= 0.6 is 0 Å². The Morgan fingerprint density at radius 1 is 1.05 bits per heavy atom. The molecule has 3 rings (SSSR count). The number of rotatable bonds is 13. The zero-order valence-electron chi connectivity index (χ0n) is 36.3. The van der Waals surface area contributed by atoms with Gasteiger partial charge >= 0.3 is 5.97 Å². The molecule has 0 saturated carbocycles. The second-order valence-electron chi connectivity index (χ2n) is 17.2. The molecule has 15 nitrogen and oxygen atoms in total. The molecule has 0 aromatic heterocycles. The number of methoxy groups -OCH3 is 1. The van der Waals surface area contributed by atoms with Gasteiger partial charge in [0.1, 0.15) is 36.2 Å². The van der Waals surface area contributed by atoms with Gasteiger partial charge in [-0.05, 0) is 78.1 Å². The van der Waals surface area contributed by atoms with Crippen LogP contribution in [0, 0.1) is 23.7 Å². The summed E-state index contributed by atoms with van der Waals surface area (Å²) in [5, 5.41) is 37.1. The number of carbonyl (C=O) groups excluding carboxylic acids is 4. The van der Waals surface area contributed by atoms with Crippen molar-refractivity contribution in [3.05, 3.63) is 29.8 Å². The van der Waals surface area contributed by atoms with Gasteiger partial charge in [0.15, 0.2) is 21.9 Å². The van der Waals surface area contributed by atoms with Crippen LogP contribution in [0.25, 0.3) is 0 Å². The van der Waals surface area contributed by atoms with E-state index in [1.54, 1.807) is 58.7 Å². The number of likely N-dealkylation sites (N-methyl/N-ethyl adjacent to an activating group) is 1. The average molecular weight is 859 g/mol. The number of benzene rings is 1. The van der Waals surface area contributed by atoms with E-state index in [1.165, 1.54) is 40.0 Å². The van der Waals surface area contributed by atoms with Gasteiger partial charge in [0, 0.05) is 50.1 Å². The number of esters is 1. The quantitative estimate of drug-likeness (QED) is 0.166. The molecular formula is C42H67FN2O13S. The van der Waals surface area contributed by atoms with Crippen LogP contribution in [0.2, 0.25) is 0 Å². The first-order chi connectivity index (χ1) is 27.3. The Kier molecular flexibility index (Phi) is 17.8. The minimum absolute atomic E-state index is 0.0114. The van der Waals surface area contributed by atoms with Crippen molar-refractivity contribution in [1.29, 1.82) is 0 Å². The van der Waals surface area contributed by atoms with E-state index < -0.39 is 124 Å². The molecular weight excluding hydrogens is 792 g/mol. The molecule has 2 aliphatic rings. The first-order valence-corrected chi connectivity index (χ1v) is 22.3. The lowest BCUT2D eigenvalue weighted by Crippen LogP contribution is -2.60. The van der Waals surface area contributed by atoms with Crippen LogP contribution in [0.4, 0.5) is 4.39 Å². The van der Waals surface area contributed by atoms with Gasteiger partial charge in [-0.25, -0.2) is 12.8 Å². The third-order valence-electron chi connectivity index (χ3n) is 12.3. The Hall–Kier alpha value is -2.90. The number of Topliss-reactive ketones (excluding diaryl/α,β-unsaturated/α-hetero) is 2. The predicted molar refractivity (Wildman–Crippen MR) is 216 cm³/mol. The summed E-state index contributed by atoms with van der Waals surface area (Å²) in [4.78, 5) is 56.3. The Morgan fingerprint density at radius 2 is 1.66 bits per heavy atom. The van der Waals surface area contributed by atoms with Crippen LogP contribution in [0.1, 0.15) is 86.6 Å². The highest BCUT2D eigenvalue weighted by atomic mass is 32.2. The molecule has 14 atom stereocenters. The normalized spacial score (nSPS) is 36.1. The fourth-order valence-electron chi connectivity index (χ4n) is 8.40. The maximum absolute atomic E-state index is 14.1. The number of alkyl halides is 1. The number of nitrogens with one attached hydrogen (secondary N) is 1. The summed E-state index contributed by atoms with van der Waals surface area (Å²) in [6, 6.07) is 4.58. The highest BCUT2D eigenvalue weighted by Gasteiger charge is 2.52. The minimum Gasteiger partial charge on any atom is -0.459 e. The van der Waals surface area contributed by atoms with E-state index in [9.17, 15) is 47.3 Å². The van der Waals surface area contributed by atoms with Crippen LogP contribution in [0.15, 0.2) is 29.2 Å². The number of ether oxygens (including phenoxy) is 4. The van der Waals surface area contributed by atoms with Crippen LogP contribution in [0.3, 0.4) is 0 Å². The first-order valence-electron chi connectivity index (χ1n) is 20.4. The Labute approximate surface area is 348 Å². The number of amides is 1. The van der Waals surface area contributed by atoms with E-state index in [0.29, 0.717) is 12.0 Å². The van der Waals surface area contributed by atoms with Gasteiger partial charge in [-0.3, -0.25) is 19.2 Å². The monoisotopic (exact) mass is 858 g/mol. The summed E-state index contributed by atoms with van der Waals surface area (Å²) in [5.74, 6) is -6.63. The van der Waals surface area contributed by atoms with Crippen molar-refractivity contribution in [1.82, 2.24) is 10.2 Å². The SMILES string of the molecule is CC[C@H]1OC(=O)[C@H](C)C(=O)[C@H](C)[C@@H](O[C@@H]2O[C@H](C)C[C@H](N(C)CCC(=O)N[C@H](CF)Cc3ccc(S(C)(=O)=O)cc3)[C@H]2O)C(C)(OC)C[C@@H](C)C(=O)[C@H](C)[C@@H](O)C1(C)O. The van der Waals surface area contributed by atoms with Crippen LogP contribution < -0.4 is 5.32 Å². The number of sulfone groups is 1. The fourth-order valence-corrected chi connectivity index (χ4v) is 9.03.